The van der Waals surface area contributed by atoms with Crippen LogP contribution in [0.2, 0.25) is 5.15 Å². The van der Waals surface area contributed by atoms with Crippen molar-refractivity contribution in [3.05, 3.63) is 44.8 Å². The standard InChI is InChI=1S/C14H12BrClF2N2/c1-3-4-10-19-13(7(2)14(16)20-10)11-9(17)6-5-8(15)12(11)18/h5-6H,3-4H2,1-2H3. The largest absolute Gasteiger partial charge is 0.232 e. The summed E-state index contributed by atoms with van der Waals surface area (Å²) in [4.78, 5) is 8.39. The van der Waals surface area contributed by atoms with Crippen LogP contribution in [0.25, 0.3) is 11.3 Å². The van der Waals surface area contributed by atoms with Gasteiger partial charge in [0.05, 0.1) is 15.7 Å². The lowest BCUT2D eigenvalue weighted by Gasteiger charge is -2.11. The summed E-state index contributed by atoms with van der Waals surface area (Å²) in [6.45, 7) is 3.62. The topological polar surface area (TPSA) is 25.8 Å². The van der Waals surface area contributed by atoms with Gasteiger partial charge in [0.1, 0.15) is 22.6 Å². The van der Waals surface area contributed by atoms with Gasteiger partial charge in [-0.2, -0.15) is 0 Å². The molecule has 2 nitrogen and oxygen atoms in total. The van der Waals surface area contributed by atoms with E-state index in [1.807, 2.05) is 6.92 Å². The molecule has 1 aromatic carbocycles. The van der Waals surface area contributed by atoms with Crippen molar-refractivity contribution in [2.45, 2.75) is 26.7 Å². The molecule has 0 fully saturated rings. The van der Waals surface area contributed by atoms with E-state index in [0.717, 1.165) is 6.42 Å². The average molecular weight is 362 g/mol. The van der Waals surface area contributed by atoms with Gasteiger partial charge in [-0.1, -0.05) is 18.5 Å². The number of aryl methyl sites for hydroxylation is 1. The second kappa shape index (κ2) is 6.14. The van der Waals surface area contributed by atoms with Crippen LogP contribution in [0.3, 0.4) is 0 Å². The molecule has 0 saturated heterocycles. The molecule has 0 N–H and O–H groups in total. The fourth-order valence-electron chi connectivity index (χ4n) is 1.86. The minimum absolute atomic E-state index is 0.181. The van der Waals surface area contributed by atoms with Crippen molar-refractivity contribution in [1.29, 1.82) is 0 Å². The van der Waals surface area contributed by atoms with Gasteiger partial charge >= 0.3 is 0 Å². The zero-order chi connectivity index (χ0) is 14.9. The zero-order valence-corrected chi connectivity index (χ0v) is 13.3. The Morgan fingerprint density at radius 1 is 1.25 bits per heavy atom. The summed E-state index contributed by atoms with van der Waals surface area (Å²) < 4.78 is 28.3. The highest BCUT2D eigenvalue weighted by Gasteiger charge is 2.20. The van der Waals surface area contributed by atoms with Crippen LogP contribution in [0.1, 0.15) is 24.7 Å². The minimum atomic E-state index is -0.690. The van der Waals surface area contributed by atoms with Gasteiger partial charge in [-0.15, -0.1) is 0 Å². The summed E-state index contributed by atoms with van der Waals surface area (Å²) in [5.74, 6) is -0.881. The van der Waals surface area contributed by atoms with Crippen molar-refractivity contribution in [2.24, 2.45) is 0 Å². The van der Waals surface area contributed by atoms with Crippen molar-refractivity contribution < 1.29 is 8.78 Å². The molecule has 0 radical (unpaired) electrons. The quantitative estimate of drug-likeness (QED) is 0.561. The first kappa shape index (κ1) is 15.3. The Bertz CT molecular complexity index is 662. The van der Waals surface area contributed by atoms with Crippen molar-refractivity contribution in [1.82, 2.24) is 9.97 Å². The van der Waals surface area contributed by atoms with Crippen LogP contribution in [0.4, 0.5) is 8.78 Å². The van der Waals surface area contributed by atoms with Crippen molar-refractivity contribution in [2.75, 3.05) is 0 Å². The maximum atomic E-state index is 14.2. The summed E-state index contributed by atoms with van der Waals surface area (Å²) in [5, 5.41) is 0.220. The normalized spacial score (nSPS) is 10.9. The van der Waals surface area contributed by atoms with E-state index in [0.29, 0.717) is 17.8 Å². The average Bonchev–Trinajstić information content (AvgIpc) is 2.40. The second-order valence-electron chi connectivity index (χ2n) is 4.37. The molecule has 0 unspecified atom stereocenters. The van der Waals surface area contributed by atoms with Gasteiger partial charge < -0.3 is 0 Å². The van der Waals surface area contributed by atoms with E-state index in [4.69, 9.17) is 11.6 Å². The summed E-state index contributed by atoms with van der Waals surface area (Å²) in [5.41, 5.74) is 0.477. The molecule has 0 aliphatic carbocycles. The second-order valence-corrected chi connectivity index (χ2v) is 5.58. The molecule has 0 amide bonds. The predicted molar refractivity (Wildman–Crippen MR) is 78.8 cm³/mol. The minimum Gasteiger partial charge on any atom is -0.232 e. The van der Waals surface area contributed by atoms with E-state index in [9.17, 15) is 8.78 Å². The van der Waals surface area contributed by atoms with Crippen LogP contribution in [0.5, 0.6) is 0 Å². The number of aromatic nitrogens is 2. The Morgan fingerprint density at radius 2 is 1.95 bits per heavy atom. The summed E-state index contributed by atoms with van der Waals surface area (Å²) in [7, 11) is 0. The molecule has 0 saturated carbocycles. The fraction of sp³-hybridized carbons (Fsp3) is 0.286. The fourth-order valence-corrected chi connectivity index (χ4v) is 2.37. The SMILES string of the molecule is CCCc1nc(Cl)c(C)c(-c2c(F)ccc(Br)c2F)n1. The van der Waals surface area contributed by atoms with Crippen LogP contribution >= 0.6 is 27.5 Å². The first-order valence-corrected chi connectivity index (χ1v) is 7.29. The van der Waals surface area contributed by atoms with Crippen LogP contribution < -0.4 is 0 Å². The molecule has 6 heteroatoms. The van der Waals surface area contributed by atoms with Crippen molar-refractivity contribution >= 4 is 27.5 Å². The Labute approximate surface area is 129 Å². The lowest BCUT2D eigenvalue weighted by Crippen LogP contribution is -2.03. The monoisotopic (exact) mass is 360 g/mol. The summed E-state index contributed by atoms with van der Waals surface area (Å²) in [6.07, 6.45) is 1.42. The Balaban J connectivity index is 2.72. The van der Waals surface area contributed by atoms with Crippen molar-refractivity contribution in [3.63, 3.8) is 0 Å². The molecular formula is C14H12BrClF2N2. The van der Waals surface area contributed by atoms with E-state index in [1.54, 1.807) is 6.92 Å². The first-order valence-electron chi connectivity index (χ1n) is 6.12. The number of hydrogen-bond acceptors (Lipinski definition) is 2. The Hall–Kier alpha value is -1.07. The maximum absolute atomic E-state index is 14.2. The van der Waals surface area contributed by atoms with E-state index >= 15 is 0 Å². The molecular weight excluding hydrogens is 350 g/mol. The number of hydrogen-bond donors (Lipinski definition) is 0. The predicted octanol–water partition coefficient (Wildman–Crippen LogP) is 5.10. The number of halogens is 4. The van der Waals surface area contributed by atoms with Gasteiger partial charge in [-0.05, 0) is 41.4 Å². The van der Waals surface area contributed by atoms with Crippen molar-refractivity contribution in [3.8, 4) is 11.3 Å². The third-order valence-electron chi connectivity index (χ3n) is 2.89. The molecule has 0 aliphatic heterocycles. The molecule has 1 aromatic heterocycles. The molecule has 2 rings (SSSR count). The van der Waals surface area contributed by atoms with E-state index in [2.05, 4.69) is 25.9 Å². The van der Waals surface area contributed by atoms with E-state index in [1.165, 1.54) is 12.1 Å². The molecule has 0 aliphatic rings. The summed E-state index contributed by atoms with van der Waals surface area (Å²) >= 11 is 9.09. The maximum Gasteiger partial charge on any atom is 0.149 e. The highest BCUT2D eigenvalue weighted by Crippen LogP contribution is 2.33. The molecule has 0 spiro atoms. The van der Waals surface area contributed by atoms with Gasteiger partial charge in [0, 0.05) is 12.0 Å². The Kier molecular flexibility index (Phi) is 4.70. The van der Waals surface area contributed by atoms with Crippen LogP contribution in [0.15, 0.2) is 16.6 Å². The third kappa shape index (κ3) is 2.83. The summed E-state index contributed by atoms with van der Waals surface area (Å²) in [6, 6.07) is 2.51. The molecule has 106 valence electrons. The highest BCUT2D eigenvalue weighted by molar-refractivity contribution is 9.10. The van der Waals surface area contributed by atoms with Gasteiger partial charge in [0.2, 0.25) is 0 Å². The van der Waals surface area contributed by atoms with Gasteiger partial charge in [-0.25, -0.2) is 18.7 Å². The number of benzene rings is 1. The van der Waals surface area contributed by atoms with Crippen LogP contribution in [0, 0.1) is 18.6 Å². The molecule has 0 atom stereocenters. The number of nitrogens with zero attached hydrogens (tertiary/aromatic N) is 2. The van der Waals surface area contributed by atoms with Gasteiger partial charge in [-0.3, -0.25) is 0 Å². The third-order valence-corrected chi connectivity index (χ3v) is 3.87. The molecule has 0 bridgehead atoms. The zero-order valence-electron chi connectivity index (χ0n) is 11.0. The molecule has 1 heterocycles. The van der Waals surface area contributed by atoms with Gasteiger partial charge in [0.25, 0.3) is 0 Å². The van der Waals surface area contributed by atoms with Crippen LogP contribution in [-0.4, -0.2) is 9.97 Å². The lowest BCUT2D eigenvalue weighted by molar-refractivity contribution is 0.583. The number of rotatable bonds is 3. The van der Waals surface area contributed by atoms with Gasteiger partial charge in [0.15, 0.2) is 0 Å². The highest BCUT2D eigenvalue weighted by atomic mass is 79.9. The molecule has 20 heavy (non-hydrogen) atoms. The molecule has 2 aromatic rings. The van der Waals surface area contributed by atoms with E-state index < -0.39 is 11.6 Å². The van der Waals surface area contributed by atoms with E-state index in [-0.39, 0.29) is 20.9 Å². The first-order chi connectivity index (χ1) is 9.45. The smallest absolute Gasteiger partial charge is 0.149 e. The lowest BCUT2D eigenvalue weighted by atomic mass is 10.1. The van der Waals surface area contributed by atoms with Crippen LogP contribution in [-0.2, 0) is 6.42 Å². The Morgan fingerprint density at radius 3 is 2.60 bits per heavy atom.